The minimum absolute atomic E-state index is 0.117. The maximum Gasteiger partial charge on any atom is 0.138 e. The second kappa shape index (κ2) is 6.42. The van der Waals surface area contributed by atoms with Crippen molar-refractivity contribution in [1.29, 1.82) is 0 Å². The molecule has 120 valence electrons. The van der Waals surface area contributed by atoms with E-state index in [1.54, 1.807) is 36.9 Å². The average molecular weight is 329 g/mol. The van der Waals surface area contributed by atoms with E-state index >= 15 is 0 Å². The van der Waals surface area contributed by atoms with Crippen molar-refractivity contribution in [2.24, 2.45) is 0 Å². The number of nitrogens with zero attached hydrogens (tertiary/aromatic N) is 2. The predicted octanol–water partition coefficient (Wildman–Crippen LogP) is 4.14. The molecule has 23 heavy (non-hydrogen) atoms. The van der Waals surface area contributed by atoms with E-state index in [0.717, 1.165) is 28.0 Å². The quantitative estimate of drug-likeness (QED) is 0.736. The minimum Gasteiger partial charge on any atom is -0.508 e. The van der Waals surface area contributed by atoms with Crippen molar-refractivity contribution in [2.75, 3.05) is 12.4 Å². The van der Waals surface area contributed by atoms with Crippen LogP contribution < -0.4 is 10.1 Å². The first-order valence-corrected chi connectivity index (χ1v) is 8.31. The minimum atomic E-state index is -0.117. The number of phenols is 1. The molecule has 1 aromatic carbocycles. The number of fused-ring (bicyclic) bond motifs is 1. The Balaban J connectivity index is 1.94. The van der Waals surface area contributed by atoms with Gasteiger partial charge in [-0.2, -0.15) is 0 Å². The SMILES string of the molecule is CCc1cc2c(NC(C)c3cc(OC)ccc3O)ncnc2s1. The van der Waals surface area contributed by atoms with Gasteiger partial charge in [0.25, 0.3) is 0 Å². The molecule has 0 spiro atoms. The summed E-state index contributed by atoms with van der Waals surface area (Å²) >= 11 is 1.68. The highest BCUT2D eigenvalue weighted by atomic mass is 32.1. The van der Waals surface area contributed by atoms with E-state index in [9.17, 15) is 5.11 Å². The van der Waals surface area contributed by atoms with Crippen LogP contribution >= 0.6 is 11.3 Å². The number of phenolic OH excluding ortho intramolecular Hbond substituents is 1. The number of anilines is 1. The largest absolute Gasteiger partial charge is 0.508 e. The predicted molar refractivity (Wildman–Crippen MR) is 93.5 cm³/mol. The van der Waals surface area contributed by atoms with E-state index in [1.807, 2.05) is 13.0 Å². The van der Waals surface area contributed by atoms with Crippen molar-refractivity contribution in [3.63, 3.8) is 0 Å². The Morgan fingerprint density at radius 2 is 2.13 bits per heavy atom. The zero-order valence-corrected chi connectivity index (χ0v) is 14.1. The highest BCUT2D eigenvalue weighted by molar-refractivity contribution is 7.18. The van der Waals surface area contributed by atoms with Crippen molar-refractivity contribution in [3.8, 4) is 11.5 Å². The first-order chi connectivity index (χ1) is 11.1. The van der Waals surface area contributed by atoms with Crippen LogP contribution in [-0.4, -0.2) is 22.2 Å². The highest BCUT2D eigenvalue weighted by Gasteiger charge is 2.15. The van der Waals surface area contributed by atoms with Gasteiger partial charge in [-0.25, -0.2) is 9.97 Å². The molecule has 5 nitrogen and oxygen atoms in total. The second-order valence-electron chi connectivity index (χ2n) is 5.30. The molecule has 2 N–H and O–H groups in total. The molecule has 0 amide bonds. The molecular formula is C17H19N3O2S. The normalized spacial score (nSPS) is 12.3. The van der Waals surface area contributed by atoms with Crippen molar-refractivity contribution >= 4 is 27.4 Å². The van der Waals surface area contributed by atoms with E-state index in [1.165, 1.54) is 4.88 Å². The number of nitrogens with one attached hydrogen (secondary N) is 1. The lowest BCUT2D eigenvalue weighted by atomic mass is 10.1. The van der Waals surface area contributed by atoms with Gasteiger partial charge in [0.05, 0.1) is 18.5 Å². The molecule has 1 atom stereocenters. The van der Waals surface area contributed by atoms with Gasteiger partial charge in [0, 0.05) is 10.4 Å². The third-order valence-corrected chi connectivity index (χ3v) is 4.97. The summed E-state index contributed by atoms with van der Waals surface area (Å²) in [6.07, 6.45) is 2.55. The molecule has 0 radical (unpaired) electrons. The molecule has 1 unspecified atom stereocenters. The van der Waals surface area contributed by atoms with Crippen LogP contribution in [0.4, 0.5) is 5.82 Å². The summed E-state index contributed by atoms with van der Waals surface area (Å²) in [6.45, 7) is 4.11. The molecule has 0 fully saturated rings. The van der Waals surface area contributed by atoms with Gasteiger partial charge in [-0.15, -0.1) is 11.3 Å². The molecule has 0 aliphatic rings. The topological polar surface area (TPSA) is 67.3 Å². The van der Waals surface area contributed by atoms with E-state index < -0.39 is 0 Å². The van der Waals surface area contributed by atoms with E-state index in [-0.39, 0.29) is 11.8 Å². The third-order valence-electron chi connectivity index (χ3n) is 3.78. The molecule has 2 aromatic heterocycles. The van der Waals surface area contributed by atoms with E-state index in [4.69, 9.17) is 4.74 Å². The number of rotatable bonds is 5. The zero-order valence-electron chi connectivity index (χ0n) is 13.3. The second-order valence-corrected chi connectivity index (χ2v) is 6.41. The van der Waals surface area contributed by atoms with Gasteiger partial charge < -0.3 is 15.2 Å². The lowest BCUT2D eigenvalue weighted by molar-refractivity contribution is 0.410. The smallest absolute Gasteiger partial charge is 0.138 e. The fourth-order valence-electron chi connectivity index (χ4n) is 2.48. The van der Waals surface area contributed by atoms with Crippen molar-refractivity contribution in [2.45, 2.75) is 26.3 Å². The van der Waals surface area contributed by atoms with Crippen LogP contribution in [0.15, 0.2) is 30.6 Å². The van der Waals surface area contributed by atoms with Gasteiger partial charge in [-0.3, -0.25) is 0 Å². The molecule has 0 aliphatic carbocycles. The molecule has 6 heteroatoms. The lowest BCUT2D eigenvalue weighted by Crippen LogP contribution is -2.08. The van der Waals surface area contributed by atoms with Crippen LogP contribution in [0.1, 0.15) is 30.3 Å². The highest BCUT2D eigenvalue weighted by Crippen LogP contribution is 2.33. The Kier molecular flexibility index (Phi) is 4.34. The molecule has 3 aromatic rings. The first-order valence-electron chi connectivity index (χ1n) is 7.49. The van der Waals surface area contributed by atoms with Crippen molar-refractivity contribution in [3.05, 3.63) is 41.0 Å². The lowest BCUT2D eigenvalue weighted by Gasteiger charge is -2.17. The maximum absolute atomic E-state index is 10.1. The zero-order chi connectivity index (χ0) is 16.4. The summed E-state index contributed by atoms with van der Waals surface area (Å²) in [5.74, 6) is 1.72. The Morgan fingerprint density at radius 1 is 1.30 bits per heavy atom. The Labute approximate surface area is 139 Å². The fourth-order valence-corrected chi connectivity index (χ4v) is 3.42. The van der Waals surface area contributed by atoms with Gasteiger partial charge in [0.2, 0.25) is 0 Å². The summed E-state index contributed by atoms with van der Waals surface area (Å²) < 4.78 is 5.24. The van der Waals surface area contributed by atoms with Gasteiger partial charge >= 0.3 is 0 Å². The molecule has 0 bridgehead atoms. The Hall–Kier alpha value is -2.34. The molecule has 0 saturated heterocycles. The number of hydrogen-bond acceptors (Lipinski definition) is 6. The van der Waals surface area contributed by atoms with Gasteiger partial charge in [-0.1, -0.05) is 6.92 Å². The number of hydrogen-bond donors (Lipinski definition) is 2. The van der Waals surface area contributed by atoms with E-state index in [2.05, 4.69) is 28.3 Å². The molecule has 2 heterocycles. The number of aryl methyl sites for hydroxylation is 1. The summed E-state index contributed by atoms with van der Waals surface area (Å²) in [6, 6.07) is 7.22. The van der Waals surface area contributed by atoms with Crippen LogP contribution in [0.3, 0.4) is 0 Å². The first kappa shape index (κ1) is 15.6. The van der Waals surface area contributed by atoms with E-state index in [0.29, 0.717) is 5.75 Å². The number of thiophene rings is 1. The van der Waals surface area contributed by atoms with Gasteiger partial charge in [0.15, 0.2) is 0 Å². The standard InChI is InChI=1S/C17H19N3O2S/c1-4-12-8-14-16(18-9-19-17(14)23-12)20-10(2)13-7-11(22-3)5-6-15(13)21/h5-10,21H,4H2,1-3H3,(H,18,19,20). The maximum atomic E-state index is 10.1. The Bertz CT molecular complexity index is 832. The summed E-state index contributed by atoms with van der Waals surface area (Å²) in [7, 11) is 1.61. The number of methoxy groups -OCH3 is 1. The summed E-state index contributed by atoms with van der Waals surface area (Å²) in [4.78, 5) is 10.9. The number of benzene rings is 1. The van der Waals surface area contributed by atoms with Gasteiger partial charge in [-0.05, 0) is 37.6 Å². The number of aromatic nitrogens is 2. The Morgan fingerprint density at radius 3 is 2.87 bits per heavy atom. The summed E-state index contributed by atoms with van der Waals surface area (Å²) in [5.41, 5.74) is 0.766. The van der Waals surface area contributed by atoms with Crippen LogP contribution in [0.5, 0.6) is 11.5 Å². The van der Waals surface area contributed by atoms with Crippen molar-refractivity contribution in [1.82, 2.24) is 9.97 Å². The van der Waals surface area contributed by atoms with Crippen LogP contribution in [0, 0.1) is 0 Å². The van der Waals surface area contributed by atoms with Gasteiger partial charge in [0.1, 0.15) is 28.5 Å². The number of ether oxygens (including phenoxy) is 1. The average Bonchev–Trinajstić information content (AvgIpc) is 2.99. The monoisotopic (exact) mass is 329 g/mol. The third kappa shape index (κ3) is 3.07. The number of aromatic hydroxyl groups is 1. The molecule has 0 saturated carbocycles. The van der Waals surface area contributed by atoms with Crippen molar-refractivity contribution < 1.29 is 9.84 Å². The molecule has 3 rings (SSSR count). The van der Waals surface area contributed by atoms with Crippen LogP contribution in [-0.2, 0) is 6.42 Å². The van der Waals surface area contributed by atoms with Crippen LogP contribution in [0.25, 0.3) is 10.2 Å². The summed E-state index contributed by atoms with van der Waals surface area (Å²) in [5, 5.41) is 14.5. The molecular weight excluding hydrogens is 310 g/mol. The fraction of sp³-hybridized carbons (Fsp3) is 0.294. The van der Waals surface area contributed by atoms with Crippen LogP contribution in [0.2, 0.25) is 0 Å². The molecule has 0 aliphatic heterocycles.